The van der Waals surface area contributed by atoms with E-state index in [0.29, 0.717) is 0 Å². The van der Waals surface area contributed by atoms with E-state index in [-0.39, 0.29) is 0 Å². The monoisotopic (exact) mass is 316 g/mol. The number of aryl methyl sites for hydroxylation is 1. The first kappa shape index (κ1) is 12.2. The second kappa shape index (κ2) is 5.01. The van der Waals surface area contributed by atoms with Gasteiger partial charge in [-0.3, -0.25) is 0 Å². The Bertz CT molecular complexity index is 703. The van der Waals surface area contributed by atoms with E-state index in [4.69, 9.17) is 0 Å². The van der Waals surface area contributed by atoms with E-state index >= 15 is 0 Å². The number of fused-ring (bicyclic) bond motifs is 1. The molecule has 0 aliphatic rings. The third-order valence-corrected chi connectivity index (χ3v) is 3.46. The Balaban J connectivity index is 1.76. The maximum absolute atomic E-state index is 4.36. The lowest BCUT2D eigenvalue weighted by Gasteiger charge is -2.06. The summed E-state index contributed by atoms with van der Waals surface area (Å²) in [4.78, 5) is 8.64. The summed E-state index contributed by atoms with van der Waals surface area (Å²) in [6.45, 7) is 0.737. The molecule has 0 fully saturated rings. The maximum atomic E-state index is 4.36. The lowest BCUT2D eigenvalue weighted by molar-refractivity contribution is 0.947. The normalized spacial score (nSPS) is 10.8. The van der Waals surface area contributed by atoms with Gasteiger partial charge in [-0.1, -0.05) is 6.07 Å². The Morgan fingerprint density at radius 3 is 2.89 bits per heavy atom. The summed E-state index contributed by atoms with van der Waals surface area (Å²) in [6, 6.07) is 10.2. The third-order valence-electron chi connectivity index (χ3n) is 2.99. The summed E-state index contributed by atoms with van der Waals surface area (Å²) in [6.07, 6.45) is 3.61. The Morgan fingerprint density at radius 2 is 2.11 bits per heavy atom. The minimum atomic E-state index is 0.737. The van der Waals surface area contributed by atoms with E-state index < -0.39 is 0 Å². The van der Waals surface area contributed by atoms with E-state index in [0.717, 1.165) is 27.9 Å². The van der Waals surface area contributed by atoms with E-state index in [2.05, 4.69) is 49.4 Å². The van der Waals surface area contributed by atoms with E-state index in [1.54, 1.807) is 6.20 Å². The molecule has 0 unspecified atom stereocenters. The van der Waals surface area contributed by atoms with Gasteiger partial charge in [0, 0.05) is 24.3 Å². The highest BCUT2D eigenvalue weighted by molar-refractivity contribution is 9.10. The molecule has 0 amide bonds. The van der Waals surface area contributed by atoms with Gasteiger partial charge in [-0.2, -0.15) is 0 Å². The van der Waals surface area contributed by atoms with Gasteiger partial charge in [0.05, 0.1) is 17.4 Å². The van der Waals surface area contributed by atoms with Crippen LogP contribution in [-0.2, 0) is 13.6 Å². The summed E-state index contributed by atoms with van der Waals surface area (Å²) in [5.74, 6) is 0.865. The molecule has 0 saturated heterocycles. The number of nitrogens with zero attached hydrogens (tertiary/aromatic N) is 3. The first-order valence-electron chi connectivity index (χ1n) is 5.98. The summed E-state index contributed by atoms with van der Waals surface area (Å²) in [7, 11) is 2.00. The summed E-state index contributed by atoms with van der Waals surface area (Å²) >= 11 is 3.37. The van der Waals surface area contributed by atoms with Crippen LogP contribution in [0.1, 0.15) is 5.56 Å². The highest BCUT2D eigenvalue weighted by Crippen LogP contribution is 2.15. The fraction of sp³-hybridized carbons (Fsp3) is 0.143. The number of pyridine rings is 1. The standard InChI is InChI=1S/C14H13BrN4/c1-19-9-18-12-6-10(2-4-13(12)19)7-16-14-5-3-11(15)8-17-14/h2-6,8-9H,7H2,1H3,(H,16,17). The van der Waals surface area contributed by atoms with Gasteiger partial charge >= 0.3 is 0 Å². The molecule has 0 aliphatic heterocycles. The van der Waals surface area contributed by atoms with Gasteiger partial charge in [-0.25, -0.2) is 9.97 Å². The van der Waals surface area contributed by atoms with E-state index in [9.17, 15) is 0 Å². The van der Waals surface area contributed by atoms with Crippen LogP contribution in [-0.4, -0.2) is 14.5 Å². The molecule has 2 heterocycles. The minimum absolute atomic E-state index is 0.737. The van der Waals surface area contributed by atoms with Gasteiger partial charge in [0.25, 0.3) is 0 Å². The van der Waals surface area contributed by atoms with Crippen LogP contribution in [0.4, 0.5) is 5.82 Å². The van der Waals surface area contributed by atoms with E-state index in [1.165, 1.54) is 5.56 Å². The third kappa shape index (κ3) is 2.61. The number of hydrogen-bond donors (Lipinski definition) is 1. The van der Waals surface area contributed by atoms with Gasteiger partial charge in [-0.05, 0) is 45.8 Å². The van der Waals surface area contributed by atoms with Crippen LogP contribution in [0.3, 0.4) is 0 Å². The van der Waals surface area contributed by atoms with Crippen molar-refractivity contribution < 1.29 is 0 Å². The second-order valence-electron chi connectivity index (χ2n) is 4.39. The molecule has 19 heavy (non-hydrogen) atoms. The highest BCUT2D eigenvalue weighted by atomic mass is 79.9. The van der Waals surface area contributed by atoms with Crippen molar-refractivity contribution >= 4 is 32.8 Å². The van der Waals surface area contributed by atoms with Crippen molar-refractivity contribution in [2.24, 2.45) is 7.05 Å². The summed E-state index contributed by atoms with van der Waals surface area (Å²) in [5.41, 5.74) is 3.35. The molecule has 5 heteroatoms. The minimum Gasteiger partial charge on any atom is -0.366 e. The molecule has 0 bridgehead atoms. The van der Waals surface area contributed by atoms with Gasteiger partial charge in [-0.15, -0.1) is 0 Å². The molecular weight excluding hydrogens is 304 g/mol. The topological polar surface area (TPSA) is 42.7 Å². The quantitative estimate of drug-likeness (QED) is 0.805. The lowest BCUT2D eigenvalue weighted by atomic mass is 10.2. The fourth-order valence-electron chi connectivity index (χ4n) is 1.96. The second-order valence-corrected chi connectivity index (χ2v) is 5.31. The Labute approximate surface area is 119 Å². The number of aromatic nitrogens is 3. The number of imidazole rings is 1. The Morgan fingerprint density at radius 1 is 1.21 bits per heavy atom. The van der Waals surface area contributed by atoms with Crippen LogP contribution in [0.15, 0.2) is 47.3 Å². The van der Waals surface area contributed by atoms with Crippen LogP contribution in [0.2, 0.25) is 0 Å². The van der Waals surface area contributed by atoms with Crippen LogP contribution < -0.4 is 5.32 Å². The van der Waals surface area contributed by atoms with Crippen molar-refractivity contribution in [3.8, 4) is 0 Å². The van der Waals surface area contributed by atoms with Crippen LogP contribution in [0, 0.1) is 0 Å². The van der Waals surface area contributed by atoms with Crippen molar-refractivity contribution in [3.63, 3.8) is 0 Å². The first-order chi connectivity index (χ1) is 9.22. The number of halogens is 1. The van der Waals surface area contributed by atoms with Crippen LogP contribution >= 0.6 is 15.9 Å². The maximum Gasteiger partial charge on any atom is 0.126 e. The predicted molar refractivity (Wildman–Crippen MR) is 80.0 cm³/mol. The molecule has 1 N–H and O–H groups in total. The smallest absolute Gasteiger partial charge is 0.126 e. The summed E-state index contributed by atoms with van der Waals surface area (Å²) < 4.78 is 3.00. The summed E-state index contributed by atoms with van der Waals surface area (Å²) in [5, 5.41) is 3.29. The molecule has 0 atom stereocenters. The highest BCUT2D eigenvalue weighted by Gasteiger charge is 2.01. The molecule has 0 spiro atoms. The van der Waals surface area contributed by atoms with Crippen molar-refractivity contribution in [1.82, 2.24) is 14.5 Å². The van der Waals surface area contributed by atoms with Crippen molar-refractivity contribution in [2.45, 2.75) is 6.54 Å². The van der Waals surface area contributed by atoms with Crippen molar-refractivity contribution in [3.05, 3.63) is 52.9 Å². The zero-order valence-electron chi connectivity index (χ0n) is 10.5. The molecule has 0 radical (unpaired) electrons. The molecule has 3 rings (SSSR count). The molecule has 0 saturated carbocycles. The largest absolute Gasteiger partial charge is 0.366 e. The average Bonchev–Trinajstić information content (AvgIpc) is 2.79. The molecule has 0 aliphatic carbocycles. The number of nitrogens with one attached hydrogen (secondary N) is 1. The van der Waals surface area contributed by atoms with Gasteiger partial charge in [0.1, 0.15) is 5.82 Å². The van der Waals surface area contributed by atoms with E-state index in [1.807, 2.05) is 30.1 Å². The molecule has 4 nitrogen and oxygen atoms in total. The zero-order valence-corrected chi connectivity index (χ0v) is 12.1. The molecule has 1 aromatic carbocycles. The lowest BCUT2D eigenvalue weighted by Crippen LogP contribution is -2.00. The van der Waals surface area contributed by atoms with Gasteiger partial charge < -0.3 is 9.88 Å². The van der Waals surface area contributed by atoms with Gasteiger partial charge in [0.2, 0.25) is 0 Å². The molecule has 3 aromatic rings. The van der Waals surface area contributed by atoms with Crippen molar-refractivity contribution in [2.75, 3.05) is 5.32 Å². The fourth-order valence-corrected chi connectivity index (χ4v) is 2.20. The number of benzene rings is 1. The first-order valence-corrected chi connectivity index (χ1v) is 6.77. The molecular formula is C14H13BrN4. The average molecular weight is 317 g/mol. The Kier molecular flexibility index (Phi) is 3.21. The number of hydrogen-bond acceptors (Lipinski definition) is 3. The van der Waals surface area contributed by atoms with Crippen LogP contribution in [0.5, 0.6) is 0 Å². The zero-order chi connectivity index (χ0) is 13.2. The molecule has 2 aromatic heterocycles. The van der Waals surface area contributed by atoms with Crippen molar-refractivity contribution in [1.29, 1.82) is 0 Å². The SMILES string of the molecule is Cn1cnc2cc(CNc3ccc(Br)cn3)ccc21. The van der Waals surface area contributed by atoms with Crippen LogP contribution in [0.25, 0.3) is 11.0 Å². The predicted octanol–water partition coefficient (Wildman–Crippen LogP) is 3.34. The Hall–Kier alpha value is -1.88. The molecule has 96 valence electrons. The number of anilines is 1. The van der Waals surface area contributed by atoms with Gasteiger partial charge in [0.15, 0.2) is 0 Å². The number of rotatable bonds is 3.